The molecule has 1 heterocycles. The summed E-state index contributed by atoms with van der Waals surface area (Å²) in [5, 5.41) is 9.88. The fraction of sp³-hybridized carbons (Fsp3) is 0.500. The summed E-state index contributed by atoms with van der Waals surface area (Å²) >= 11 is 0. The minimum Gasteiger partial charge on any atom is -0.445 e. The lowest BCUT2D eigenvalue weighted by Crippen LogP contribution is -2.41. The molecule has 0 aromatic heterocycles. The maximum Gasteiger partial charge on any atom is 0.410 e. The highest BCUT2D eigenvalue weighted by Crippen LogP contribution is 2.49. The summed E-state index contributed by atoms with van der Waals surface area (Å²) in [5.74, 6) is 0.260. The molecule has 4 nitrogen and oxygen atoms in total. The van der Waals surface area contributed by atoms with Gasteiger partial charge < -0.3 is 14.7 Å². The first kappa shape index (κ1) is 11.5. The standard InChI is InChI=1S/C14H17NO3/c16-13(18-10-11-4-2-1-3-5-11)15-7-6-14(17)8-12(14)9-15/h1-5,12,17H,6-10H2. The van der Waals surface area contributed by atoms with Crippen LogP contribution in [0.3, 0.4) is 0 Å². The van der Waals surface area contributed by atoms with Crippen LogP contribution >= 0.6 is 0 Å². The number of rotatable bonds is 2. The molecule has 0 radical (unpaired) electrons. The van der Waals surface area contributed by atoms with Crippen molar-refractivity contribution in [3.8, 4) is 0 Å². The third kappa shape index (κ3) is 2.20. The molecule has 2 atom stereocenters. The molecule has 1 N–H and O–H groups in total. The molecule has 96 valence electrons. The average Bonchev–Trinajstić information content (AvgIpc) is 3.07. The van der Waals surface area contributed by atoms with Crippen molar-refractivity contribution < 1.29 is 14.6 Å². The van der Waals surface area contributed by atoms with Crippen molar-refractivity contribution >= 4 is 6.09 Å². The Labute approximate surface area is 106 Å². The molecule has 0 spiro atoms. The Morgan fingerprint density at radius 1 is 1.44 bits per heavy atom. The molecule has 1 aromatic rings. The predicted molar refractivity (Wildman–Crippen MR) is 65.9 cm³/mol. The Balaban J connectivity index is 1.50. The Hall–Kier alpha value is -1.55. The number of carbonyl (C=O) groups is 1. The first-order valence-electron chi connectivity index (χ1n) is 6.35. The number of hydrogen-bond acceptors (Lipinski definition) is 3. The van der Waals surface area contributed by atoms with Crippen LogP contribution in [-0.2, 0) is 11.3 Å². The molecule has 1 aliphatic heterocycles. The van der Waals surface area contributed by atoms with E-state index in [0.29, 0.717) is 26.1 Å². The van der Waals surface area contributed by atoms with E-state index in [1.165, 1.54) is 0 Å². The third-order valence-corrected chi connectivity index (χ3v) is 3.92. The van der Waals surface area contributed by atoms with Crippen molar-refractivity contribution in [2.75, 3.05) is 13.1 Å². The summed E-state index contributed by atoms with van der Waals surface area (Å²) in [7, 11) is 0. The molecule has 1 saturated heterocycles. The minimum absolute atomic E-state index is 0.260. The van der Waals surface area contributed by atoms with E-state index in [1.54, 1.807) is 4.90 Å². The number of amides is 1. The van der Waals surface area contributed by atoms with E-state index in [0.717, 1.165) is 12.0 Å². The van der Waals surface area contributed by atoms with Crippen molar-refractivity contribution in [1.82, 2.24) is 4.90 Å². The van der Waals surface area contributed by atoms with Gasteiger partial charge in [0.05, 0.1) is 5.60 Å². The first-order chi connectivity index (χ1) is 8.67. The van der Waals surface area contributed by atoms with Crippen molar-refractivity contribution in [3.63, 3.8) is 0 Å². The second kappa shape index (κ2) is 4.28. The lowest BCUT2D eigenvalue weighted by molar-refractivity contribution is 0.0471. The Morgan fingerprint density at radius 2 is 2.22 bits per heavy atom. The average molecular weight is 247 g/mol. The summed E-state index contributed by atoms with van der Waals surface area (Å²) in [6, 6.07) is 9.65. The number of ether oxygens (including phenoxy) is 1. The number of aliphatic hydroxyl groups is 1. The van der Waals surface area contributed by atoms with Crippen LogP contribution < -0.4 is 0 Å². The van der Waals surface area contributed by atoms with E-state index in [-0.39, 0.29) is 12.0 Å². The molecule has 1 amide bonds. The van der Waals surface area contributed by atoms with Crippen molar-refractivity contribution in [2.24, 2.45) is 5.92 Å². The van der Waals surface area contributed by atoms with Crippen LogP contribution in [0.5, 0.6) is 0 Å². The van der Waals surface area contributed by atoms with Gasteiger partial charge in [-0.2, -0.15) is 0 Å². The van der Waals surface area contributed by atoms with Crippen LogP contribution in [0.25, 0.3) is 0 Å². The monoisotopic (exact) mass is 247 g/mol. The van der Waals surface area contributed by atoms with Gasteiger partial charge in [0.15, 0.2) is 0 Å². The number of likely N-dealkylation sites (tertiary alicyclic amines) is 1. The molecular formula is C14H17NO3. The van der Waals surface area contributed by atoms with Crippen LogP contribution in [0.15, 0.2) is 30.3 Å². The van der Waals surface area contributed by atoms with Gasteiger partial charge in [-0.05, 0) is 18.4 Å². The Bertz CT molecular complexity index is 448. The zero-order chi connectivity index (χ0) is 12.6. The molecular weight excluding hydrogens is 230 g/mol. The fourth-order valence-electron chi connectivity index (χ4n) is 2.57. The fourth-order valence-corrected chi connectivity index (χ4v) is 2.57. The molecule has 0 bridgehead atoms. The number of hydrogen-bond donors (Lipinski definition) is 1. The lowest BCUT2D eigenvalue weighted by atomic mass is 10.1. The number of nitrogens with zero attached hydrogens (tertiary/aromatic N) is 1. The van der Waals surface area contributed by atoms with Gasteiger partial charge in [0, 0.05) is 19.0 Å². The highest BCUT2D eigenvalue weighted by molar-refractivity contribution is 5.68. The van der Waals surface area contributed by atoms with Crippen LogP contribution in [0.4, 0.5) is 4.79 Å². The van der Waals surface area contributed by atoms with Crippen LogP contribution in [0.2, 0.25) is 0 Å². The molecule has 2 aliphatic rings. The summed E-state index contributed by atoms with van der Waals surface area (Å²) in [6.45, 7) is 1.54. The van der Waals surface area contributed by atoms with Gasteiger partial charge in [-0.3, -0.25) is 0 Å². The van der Waals surface area contributed by atoms with E-state index in [9.17, 15) is 9.90 Å². The van der Waals surface area contributed by atoms with Gasteiger partial charge in [-0.15, -0.1) is 0 Å². The van der Waals surface area contributed by atoms with Crippen LogP contribution in [-0.4, -0.2) is 34.8 Å². The second-order valence-electron chi connectivity index (χ2n) is 5.24. The maximum atomic E-state index is 11.9. The summed E-state index contributed by atoms with van der Waals surface area (Å²) < 4.78 is 5.27. The SMILES string of the molecule is O=C(OCc1ccccc1)N1CCC2(O)CC2C1. The molecule has 1 aliphatic carbocycles. The molecule has 18 heavy (non-hydrogen) atoms. The highest BCUT2D eigenvalue weighted by atomic mass is 16.6. The van der Waals surface area contributed by atoms with Gasteiger partial charge in [0.2, 0.25) is 0 Å². The van der Waals surface area contributed by atoms with Crippen LogP contribution in [0, 0.1) is 5.92 Å². The van der Waals surface area contributed by atoms with Crippen molar-refractivity contribution in [3.05, 3.63) is 35.9 Å². The molecule has 4 heteroatoms. The molecule has 1 aromatic carbocycles. The highest BCUT2D eigenvalue weighted by Gasteiger charge is 2.56. The van der Waals surface area contributed by atoms with E-state index < -0.39 is 5.60 Å². The lowest BCUT2D eigenvalue weighted by Gasteiger charge is -2.28. The maximum absolute atomic E-state index is 11.9. The van der Waals surface area contributed by atoms with Gasteiger partial charge in [-0.25, -0.2) is 4.79 Å². The normalized spacial score (nSPS) is 29.6. The quantitative estimate of drug-likeness (QED) is 0.866. The zero-order valence-electron chi connectivity index (χ0n) is 10.2. The van der Waals surface area contributed by atoms with E-state index in [1.807, 2.05) is 30.3 Å². The van der Waals surface area contributed by atoms with Crippen molar-refractivity contribution in [1.29, 1.82) is 0 Å². The second-order valence-corrected chi connectivity index (χ2v) is 5.24. The van der Waals surface area contributed by atoms with Gasteiger partial charge in [0.25, 0.3) is 0 Å². The third-order valence-electron chi connectivity index (χ3n) is 3.92. The number of piperidine rings is 1. The predicted octanol–water partition coefficient (Wildman–Crippen LogP) is 1.78. The largest absolute Gasteiger partial charge is 0.445 e. The molecule has 2 unspecified atom stereocenters. The molecule has 2 fully saturated rings. The molecule has 3 rings (SSSR count). The van der Waals surface area contributed by atoms with Gasteiger partial charge in [0.1, 0.15) is 6.61 Å². The number of benzene rings is 1. The van der Waals surface area contributed by atoms with Crippen LogP contribution in [0.1, 0.15) is 18.4 Å². The van der Waals surface area contributed by atoms with Gasteiger partial charge in [-0.1, -0.05) is 30.3 Å². The zero-order valence-corrected chi connectivity index (χ0v) is 10.2. The number of carbonyl (C=O) groups excluding carboxylic acids is 1. The van der Waals surface area contributed by atoms with Crippen molar-refractivity contribution in [2.45, 2.75) is 25.0 Å². The summed E-state index contributed by atoms with van der Waals surface area (Å²) in [6.07, 6.45) is 1.24. The number of fused-ring (bicyclic) bond motifs is 1. The topological polar surface area (TPSA) is 49.8 Å². The summed E-state index contributed by atoms with van der Waals surface area (Å²) in [5.41, 5.74) is 0.515. The smallest absolute Gasteiger partial charge is 0.410 e. The Morgan fingerprint density at radius 3 is 2.94 bits per heavy atom. The van der Waals surface area contributed by atoms with E-state index in [4.69, 9.17) is 4.74 Å². The Kier molecular flexibility index (Phi) is 2.74. The summed E-state index contributed by atoms with van der Waals surface area (Å²) in [4.78, 5) is 13.6. The van der Waals surface area contributed by atoms with Gasteiger partial charge >= 0.3 is 6.09 Å². The first-order valence-corrected chi connectivity index (χ1v) is 6.35. The minimum atomic E-state index is -0.476. The van der Waals surface area contributed by atoms with E-state index in [2.05, 4.69) is 0 Å². The molecule has 1 saturated carbocycles. The van der Waals surface area contributed by atoms with E-state index >= 15 is 0 Å².